The van der Waals surface area contributed by atoms with Gasteiger partial charge >= 0.3 is 12.1 Å². The number of likely N-dealkylation sites (tertiary alicyclic amines) is 1. The smallest absolute Gasteiger partial charge is 0.411 e. The van der Waals surface area contributed by atoms with Crippen molar-refractivity contribution >= 4 is 22.1 Å². The first-order valence-corrected chi connectivity index (χ1v) is 12.8. The van der Waals surface area contributed by atoms with Crippen molar-refractivity contribution in [2.45, 2.75) is 62.7 Å². The van der Waals surface area contributed by atoms with Gasteiger partial charge in [-0.3, -0.25) is 4.90 Å². The van der Waals surface area contributed by atoms with E-state index in [0.717, 1.165) is 5.56 Å². The number of esters is 1. The quantitative estimate of drug-likeness (QED) is 0.441. The molecule has 0 saturated carbocycles. The first-order valence-electron chi connectivity index (χ1n) is 11.4. The Hall–Kier alpha value is -2.43. The van der Waals surface area contributed by atoms with Crippen molar-refractivity contribution in [3.8, 4) is 0 Å². The molecular weight excluding hydrogens is 460 g/mol. The van der Waals surface area contributed by atoms with Crippen LogP contribution in [0.3, 0.4) is 0 Å². The Labute approximate surface area is 201 Å². The number of carbonyl (C=O) groups excluding carboxylic acids is 2. The molecule has 34 heavy (non-hydrogen) atoms. The summed E-state index contributed by atoms with van der Waals surface area (Å²) in [6.07, 6.45) is 0.377. The molecule has 188 valence electrons. The number of aliphatic hydroxyl groups excluding tert-OH is 1. The van der Waals surface area contributed by atoms with Crippen LogP contribution in [0.5, 0.6) is 0 Å². The SMILES string of the molecule is C=CC[C@@H]1CN(C(=O)OC(C)(C)C)[C@]2(C(=O)OC[C@H]2O)[C@@H]1CCNS(=O)(=O)c1ccc(C)cc1. The predicted molar refractivity (Wildman–Crippen MR) is 125 cm³/mol. The van der Waals surface area contributed by atoms with Crippen molar-refractivity contribution in [2.24, 2.45) is 11.8 Å². The first-order chi connectivity index (χ1) is 15.8. The van der Waals surface area contributed by atoms with Crippen molar-refractivity contribution < 1.29 is 32.6 Å². The highest BCUT2D eigenvalue weighted by Gasteiger charge is 2.68. The molecule has 2 N–H and O–H groups in total. The minimum absolute atomic E-state index is 0.0123. The van der Waals surface area contributed by atoms with E-state index in [1.165, 1.54) is 17.0 Å². The fourth-order valence-electron chi connectivity index (χ4n) is 4.89. The van der Waals surface area contributed by atoms with Crippen molar-refractivity contribution in [1.82, 2.24) is 9.62 Å². The third kappa shape index (κ3) is 4.99. The summed E-state index contributed by atoms with van der Waals surface area (Å²) >= 11 is 0. The van der Waals surface area contributed by atoms with Crippen molar-refractivity contribution in [3.63, 3.8) is 0 Å². The van der Waals surface area contributed by atoms with Gasteiger partial charge in [-0.2, -0.15) is 0 Å². The molecular formula is C24H34N2O7S. The number of nitrogens with zero attached hydrogens (tertiary/aromatic N) is 1. The molecule has 0 unspecified atom stereocenters. The van der Waals surface area contributed by atoms with Gasteiger partial charge in [0.1, 0.15) is 18.3 Å². The van der Waals surface area contributed by atoms with Crippen LogP contribution in [-0.4, -0.2) is 67.4 Å². The topological polar surface area (TPSA) is 122 Å². The summed E-state index contributed by atoms with van der Waals surface area (Å²) in [5, 5.41) is 10.9. The monoisotopic (exact) mass is 494 g/mol. The molecule has 0 bridgehead atoms. The summed E-state index contributed by atoms with van der Waals surface area (Å²) < 4.78 is 38.8. The van der Waals surface area contributed by atoms with Gasteiger partial charge in [0.15, 0.2) is 5.54 Å². The molecule has 2 aliphatic heterocycles. The zero-order valence-corrected chi connectivity index (χ0v) is 20.9. The highest BCUT2D eigenvalue weighted by Crippen LogP contribution is 2.48. The number of ether oxygens (including phenoxy) is 2. The number of sulfonamides is 1. The normalized spacial score (nSPS) is 27.1. The van der Waals surface area contributed by atoms with Crippen LogP contribution in [0.15, 0.2) is 41.8 Å². The lowest BCUT2D eigenvalue weighted by molar-refractivity contribution is -0.150. The number of carbonyl (C=O) groups is 2. The van der Waals surface area contributed by atoms with Crippen LogP contribution in [0.25, 0.3) is 0 Å². The van der Waals surface area contributed by atoms with Gasteiger partial charge in [-0.25, -0.2) is 22.7 Å². The number of hydrogen-bond acceptors (Lipinski definition) is 7. The summed E-state index contributed by atoms with van der Waals surface area (Å²) in [4.78, 5) is 27.6. The molecule has 1 aromatic carbocycles. The van der Waals surface area contributed by atoms with E-state index >= 15 is 0 Å². The van der Waals surface area contributed by atoms with Crippen molar-refractivity contribution in [3.05, 3.63) is 42.5 Å². The molecule has 0 aromatic heterocycles. The molecule has 2 heterocycles. The molecule has 1 amide bonds. The molecule has 0 radical (unpaired) electrons. The van der Waals surface area contributed by atoms with Crippen LogP contribution < -0.4 is 4.72 Å². The van der Waals surface area contributed by atoms with E-state index in [0.29, 0.717) is 6.42 Å². The van der Waals surface area contributed by atoms with Gasteiger partial charge in [0.25, 0.3) is 0 Å². The van der Waals surface area contributed by atoms with Crippen LogP contribution in [-0.2, 0) is 24.3 Å². The molecule has 1 aromatic rings. The molecule has 10 heteroatoms. The average Bonchev–Trinajstić information content (AvgIpc) is 3.21. The number of benzene rings is 1. The minimum atomic E-state index is -3.77. The molecule has 2 saturated heterocycles. The zero-order chi connectivity index (χ0) is 25.3. The van der Waals surface area contributed by atoms with Crippen molar-refractivity contribution in [2.75, 3.05) is 19.7 Å². The minimum Gasteiger partial charge on any atom is -0.461 e. The summed E-state index contributed by atoms with van der Waals surface area (Å²) in [6.45, 7) is 10.7. The van der Waals surface area contributed by atoms with Gasteiger partial charge in [-0.15, -0.1) is 6.58 Å². The molecule has 4 atom stereocenters. The zero-order valence-electron chi connectivity index (χ0n) is 20.1. The van der Waals surface area contributed by atoms with E-state index in [4.69, 9.17) is 9.47 Å². The van der Waals surface area contributed by atoms with Crippen LogP contribution in [0.1, 0.15) is 39.2 Å². The van der Waals surface area contributed by atoms with E-state index in [2.05, 4.69) is 11.3 Å². The third-order valence-corrected chi connectivity index (χ3v) is 7.84. The fourth-order valence-corrected chi connectivity index (χ4v) is 5.94. The first kappa shape index (κ1) is 26.2. The molecule has 2 fully saturated rings. The van der Waals surface area contributed by atoms with Crippen LogP contribution in [0.4, 0.5) is 4.79 Å². The number of cyclic esters (lactones) is 1. The average molecular weight is 495 g/mol. The van der Waals surface area contributed by atoms with Crippen LogP contribution in [0.2, 0.25) is 0 Å². The fraction of sp³-hybridized carbons (Fsp3) is 0.583. The lowest BCUT2D eigenvalue weighted by atomic mass is 9.74. The van der Waals surface area contributed by atoms with Gasteiger partial charge in [0.2, 0.25) is 10.0 Å². The van der Waals surface area contributed by atoms with Crippen LogP contribution >= 0.6 is 0 Å². The highest BCUT2D eigenvalue weighted by molar-refractivity contribution is 7.89. The third-order valence-electron chi connectivity index (χ3n) is 6.37. The lowest BCUT2D eigenvalue weighted by Gasteiger charge is -2.38. The Balaban J connectivity index is 1.88. The van der Waals surface area contributed by atoms with Gasteiger partial charge in [-0.1, -0.05) is 23.8 Å². The van der Waals surface area contributed by atoms with E-state index in [9.17, 15) is 23.1 Å². The Kier molecular flexibility index (Phi) is 7.45. The standard InChI is InChI=1S/C24H34N2O7S/c1-6-7-17-14-26(22(29)33-23(3,4)5)24(20(27)15-32-21(24)28)19(17)12-13-25-34(30,31)18-10-8-16(2)9-11-18/h6,8-11,17,19-20,25,27H,1,7,12-15H2,2-5H3/t17-,19-,20-,24-/m1/s1. The van der Waals surface area contributed by atoms with Crippen molar-refractivity contribution in [1.29, 1.82) is 0 Å². The molecule has 1 spiro atoms. The number of rotatable bonds is 7. The van der Waals surface area contributed by atoms with Gasteiger partial charge in [-0.05, 0) is 58.6 Å². The second kappa shape index (κ2) is 9.67. The maximum Gasteiger partial charge on any atom is 0.411 e. The van der Waals surface area contributed by atoms with Gasteiger partial charge < -0.3 is 14.6 Å². The second-order valence-electron chi connectivity index (χ2n) is 9.92. The Morgan fingerprint density at radius 3 is 2.53 bits per heavy atom. The summed E-state index contributed by atoms with van der Waals surface area (Å²) in [7, 11) is -3.77. The predicted octanol–water partition coefficient (Wildman–Crippen LogP) is 2.38. The maximum atomic E-state index is 13.1. The summed E-state index contributed by atoms with van der Waals surface area (Å²) in [5.41, 5.74) is -1.51. The summed E-state index contributed by atoms with van der Waals surface area (Å²) in [5.74, 6) is -1.51. The van der Waals surface area contributed by atoms with E-state index < -0.39 is 45.2 Å². The number of aryl methyl sites for hydroxylation is 1. The number of amides is 1. The number of hydrogen-bond donors (Lipinski definition) is 2. The largest absolute Gasteiger partial charge is 0.461 e. The Morgan fingerprint density at radius 2 is 2.00 bits per heavy atom. The molecule has 9 nitrogen and oxygen atoms in total. The van der Waals surface area contributed by atoms with E-state index in [1.807, 2.05) is 6.92 Å². The van der Waals surface area contributed by atoms with Gasteiger partial charge in [0, 0.05) is 19.0 Å². The molecule has 3 rings (SSSR count). The van der Waals surface area contributed by atoms with E-state index in [1.54, 1.807) is 39.0 Å². The molecule has 0 aliphatic carbocycles. The Bertz CT molecular complexity index is 1030. The highest BCUT2D eigenvalue weighted by atomic mass is 32.2. The van der Waals surface area contributed by atoms with Gasteiger partial charge in [0.05, 0.1) is 4.90 Å². The van der Waals surface area contributed by atoms with Crippen LogP contribution in [0, 0.1) is 18.8 Å². The maximum absolute atomic E-state index is 13.1. The number of allylic oxidation sites excluding steroid dienone is 1. The Morgan fingerprint density at radius 1 is 1.35 bits per heavy atom. The number of aliphatic hydroxyl groups is 1. The number of nitrogens with one attached hydrogen (secondary N) is 1. The summed E-state index contributed by atoms with van der Waals surface area (Å²) in [6, 6.07) is 6.48. The second-order valence-corrected chi connectivity index (χ2v) is 11.7. The molecule has 2 aliphatic rings. The van der Waals surface area contributed by atoms with E-state index in [-0.39, 0.29) is 36.9 Å². The lowest BCUT2D eigenvalue weighted by Crippen LogP contribution is -2.61.